The molecule has 0 aromatic heterocycles. The minimum absolute atomic E-state index is 0.0308. The number of hydrogen-bond acceptors (Lipinski definition) is 2. The number of halogens is 2. The normalized spacial score (nSPS) is 12.1. The first-order valence-electron chi connectivity index (χ1n) is 3.85. The number of rotatable bonds is 4. The van der Waals surface area contributed by atoms with Crippen molar-refractivity contribution in [1.29, 1.82) is 0 Å². The summed E-state index contributed by atoms with van der Waals surface area (Å²) in [6.45, 7) is -0.0308. The third-order valence-corrected chi connectivity index (χ3v) is 2.44. The van der Waals surface area contributed by atoms with Gasteiger partial charge in [-0.15, -0.1) is 11.6 Å². The van der Waals surface area contributed by atoms with Crippen molar-refractivity contribution in [2.24, 2.45) is 0 Å². The molecule has 0 saturated heterocycles. The lowest BCUT2D eigenvalue weighted by molar-refractivity contribution is -0.137. The fraction of sp³-hybridized carbons (Fsp3) is 0.222. The lowest BCUT2D eigenvalue weighted by atomic mass is 10.3. The van der Waals surface area contributed by atoms with E-state index >= 15 is 0 Å². The maximum absolute atomic E-state index is 10.4. The van der Waals surface area contributed by atoms with Gasteiger partial charge in [0.1, 0.15) is 12.4 Å². The Morgan fingerprint density at radius 1 is 1.64 bits per heavy atom. The molecule has 0 saturated carbocycles. The quantitative estimate of drug-likeness (QED) is 0.682. The summed E-state index contributed by atoms with van der Waals surface area (Å²) in [5.74, 6) is -0.443. The van der Waals surface area contributed by atoms with Crippen LogP contribution < -0.4 is 4.74 Å². The average molecular weight is 327 g/mol. The number of alkyl halides is 1. The number of hydrogen-bond donors (Lipinski definition) is 1. The highest BCUT2D eigenvalue weighted by molar-refractivity contribution is 14.1. The molecular weight excluding hydrogens is 318 g/mol. The smallest absolute Gasteiger partial charge is 0.325 e. The number of aliphatic carboxylic acids is 1. The molecule has 0 heterocycles. The molecule has 0 spiro atoms. The second-order valence-corrected chi connectivity index (χ2v) is 4.35. The summed E-state index contributed by atoms with van der Waals surface area (Å²) < 4.78 is 6.22. The van der Waals surface area contributed by atoms with Crippen LogP contribution in [0.15, 0.2) is 24.3 Å². The highest BCUT2D eigenvalue weighted by atomic mass is 127. The molecular formula is C9H8ClIO3. The zero-order valence-electron chi connectivity index (χ0n) is 7.11. The van der Waals surface area contributed by atoms with Crippen molar-refractivity contribution in [3.63, 3.8) is 0 Å². The van der Waals surface area contributed by atoms with E-state index < -0.39 is 11.3 Å². The first kappa shape index (κ1) is 11.6. The van der Waals surface area contributed by atoms with Crippen molar-refractivity contribution >= 4 is 40.2 Å². The Morgan fingerprint density at radius 2 is 2.36 bits per heavy atom. The molecule has 1 unspecified atom stereocenters. The first-order chi connectivity index (χ1) is 6.59. The summed E-state index contributed by atoms with van der Waals surface area (Å²) >= 11 is 7.63. The summed E-state index contributed by atoms with van der Waals surface area (Å²) in [6.07, 6.45) is 0. The van der Waals surface area contributed by atoms with Crippen molar-refractivity contribution in [3.05, 3.63) is 27.8 Å². The predicted molar refractivity (Wildman–Crippen MR) is 61.9 cm³/mol. The molecule has 0 radical (unpaired) electrons. The number of carboxylic acid groups (broad SMARTS) is 1. The SMILES string of the molecule is O=C(O)C(Cl)COc1cccc(I)c1. The van der Waals surface area contributed by atoms with E-state index in [0.717, 1.165) is 3.57 Å². The molecule has 1 rings (SSSR count). The summed E-state index contributed by atoms with van der Waals surface area (Å²) in [5, 5.41) is 7.49. The second-order valence-electron chi connectivity index (χ2n) is 2.57. The molecule has 0 bridgehead atoms. The fourth-order valence-electron chi connectivity index (χ4n) is 0.797. The molecule has 1 N–H and O–H groups in total. The highest BCUT2D eigenvalue weighted by Gasteiger charge is 2.13. The van der Waals surface area contributed by atoms with Gasteiger partial charge in [-0.1, -0.05) is 6.07 Å². The Hall–Kier alpha value is -0.490. The van der Waals surface area contributed by atoms with Crippen LogP contribution in [-0.4, -0.2) is 23.1 Å². The third-order valence-electron chi connectivity index (χ3n) is 1.46. The van der Waals surface area contributed by atoms with E-state index in [9.17, 15) is 4.79 Å². The zero-order chi connectivity index (χ0) is 10.6. The molecule has 1 aromatic rings. The molecule has 5 heteroatoms. The van der Waals surface area contributed by atoms with Crippen LogP contribution in [0.2, 0.25) is 0 Å². The Bertz CT molecular complexity index is 330. The van der Waals surface area contributed by atoms with Crippen LogP contribution in [0.4, 0.5) is 0 Å². The van der Waals surface area contributed by atoms with E-state index in [4.69, 9.17) is 21.4 Å². The van der Waals surface area contributed by atoms with Crippen LogP contribution in [-0.2, 0) is 4.79 Å². The van der Waals surface area contributed by atoms with Gasteiger partial charge in [-0.25, -0.2) is 0 Å². The molecule has 3 nitrogen and oxygen atoms in total. The van der Waals surface area contributed by atoms with Crippen molar-refractivity contribution in [2.75, 3.05) is 6.61 Å². The van der Waals surface area contributed by atoms with Gasteiger partial charge in [0.25, 0.3) is 0 Å². The van der Waals surface area contributed by atoms with Gasteiger partial charge in [0.2, 0.25) is 0 Å². The van der Waals surface area contributed by atoms with Crippen LogP contribution in [0.3, 0.4) is 0 Å². The lowest BCUT2D eigenvalue weighted by Gasteiger charge is -2.07. The van der Waals surface area contributed by atoms with Crippen LogP contribution >= 0.6 is 34.2 Å². The lowest BCUT2D eigenvalue weighted by Crippen LogP contribution is -2.21. The van der Waals surface area contributed by atoms with E-state index in [2.05, 4.69) is 22.6 Å². The van der Waals surface area contributed by atoms with Crippen molar-refractivity contribution in [3.8, 4) is 5.75 Å². The number of carbonyl (C=O) groups is 1. The van der Waals surface area contributed by atoms with Crippen molar-refractivity contribution < 1.29 is 14.6 Å². The number of carboxylic acids is 1. The third kappa shape index (κ3) is 3.71. The van der Waals surface area contributed by atoms with Gasteiger partial charge in [0.05, 0.1) is 0 Å². The largest absolute Gasteiger partial charge is 0.491 e. The number of ether oxygens (including phenoxy) is 1. The van der Waals surface area contributed by atoms with Gasteiger partial charge in [0.15, 0.2) is 5.38 Å². The topological polar surface area (TPSA) is 46.5 Å². The van der Waals surface area contributed by atoms with Gasteiger partial charge in [-0.2, -0.15) is 0 Å². The van der Waals surface area contributed by atoms with Gasteiger partial charge in [0, 0.05) is 3.57 Å². The second kappa shape index (κ2) is 5.41. The van der Waals surface area contributed by atoms with Crippen LogP contribution in [0, 0.1) is 3.57 Å². The van der Waals surface area contributed by atoms with Gasteiger partial charge in [-0.05, 0) is 40.8 Å². The van der Waals surface area contributed by atoms with Gasteiger partial charge in [-0.3, -0.25) is 4.79 Å². The van der Waals surface area contributed by atoms with E-state index in [-0.39, 0.29) is 6.61 Å². The van der Waals surface area contributed by atoms with Crippen molar-refractivity contribution in [1.82, 2.24) is 0 Å². The Labute approximate surface area is 100 Å². The molecule has 76 valence electrons. The summed E-state index contributed by atoms with van der Waals surface area (Å²) in [6, 6.07) is 7.32. The minimum Gasteiger partial charge on any atom is -0.491 e. The maximum atomic E-state index is 10.4. The minimum atomic E-state index is -1.07. The summed E-state index contributed by atoms with van der Waals surface area (Å²) in [4.78, 5) is 10.4. The maximum Gasteiger partial charge on any atom is 0.325 e. The Morgan fingerprint density at radius 3 is 2.93 bits per heavy atom. The molecule has 1 atom stereocenters. The zero-order valence-corrected chi connectivity index (χ0v) is 10.0. The highest BCUT2D eigenvalue weighted by Crippen LogP contribution is 2.15. The van der Waals surface area contributed by atoms with Crippen LogP contribution in [0.5, 0.6) is 5.75 Å². The first-order valence-corrected chi connectivity index (χ1v) is 5.36. The predicted octanol–water partition coefficient (Wildman–Crippen LogP) is 2.36. The summed E-state index contributed by atoms with van der Waals surface area (Å²) in [5.41, 5.74) is 0. The molecule has 0 aliphatic rings. The van der Waals surface area contributed by atoms with Gasteiger partial charge < -0.3 is 9.84 Å². The van der Waals surface area contributed by atoms with Gasteiger partial charge >= 0.3 is 5.97 Å². The molecule has 0 fully saturated rings. The van der Waals surface area contributed by atoms with E-state index in [1.165, 1.54) is 0 Å². The van der Waals surface area contributed by atoms with Crippen LogP contribution in [0.1, 0.15) is 0 Å². The fourth-order valence-corrected chi connectivity index (χ4v) is 1.37. The van der Waals surface area contributed by atoms with E-state index in [1.807, 2.05) is 18.2 Å². The van der Waals surface area contributed by atoms with Crippen molar-refractivity contribution in [2.45, 2.75) is 5.38 Å². The molecule has 0 amide bonds. The number of benzene rings is 1. The molecule has 0 aliphatic heterocycles. The monoisotopic (exact) mass is 326 g/mol. The Kier molecular flexibility index (Phi) is 4.47. The van der Waals surface area contributed by atoms with Crippen LogP contribution in [0.25, 0.3) is 0 Å². The standard InChI is InChI=1S/C9H8ClIO3/c10-8(9(12)13)5-14-7-3-1-2-6(11)4-7/h1-4,8H,5H2,(H,12,13). The average Bonchev–Trinajstić information content (AvgIpc) is 2.14. The molecule has 0 aliphatic carbocycles. The Balaban J connectivity index is 2.49. The molecule has 14 heavy (non-hydrogen) atoms. The molecule has 1 aromatic carbocycles. The van der Waals surface area contributed by atoms with E-state index in [0.29, 0.717) is 5.75 Å². The van der Waals surface area contributed by atoms with E-state index in [1.54, 1.807) is 6.07 Å². The summed E-state index contributed by atoms with van der Waals surface area (Å²) in [7, 11) is 0.